The van der Waals surface area contributed by atoms with Crippen molar-refractivity contribution < 1.29 is 43.1 Å². The standard InChI is InChI=1S/4C6H6O.2CH5O3P.2Al/c4*7-6-4-2-1-3-5-6;2*1-4-5(2)3;;/h4*1-5,7H;2*5H,1H3,(H,2,3);;/q;;;;;;2*+3/p-6. The molecular weight excluding hydrogens is 588 g/mol. The molecule has 0 amide bonds. The minimum atomic E-state index is -2.87. The Labute approximate surface area is 249 Å². The second-order valence-electron chi connectivity index (χ2n) is 6.82. The van der Waals surface area contributed by atoms with Crippen LogP contribution in [-0.4, -0.2) is 46.0 Å². The fourth-order valence-corrected chi connectivity index (χ4v) is 3.44. The van der Waals surface area contributed by atoms with E-state index in [1.165, 1.54) is 0 Å². The number of rotatable bonds is 10. The van der Waals surface area contributed by atoms with Crippen molar-refractivity contribution >= 4 is 48.3 Å². The summed E-state index contributed by atoms with van der Waals surface area (Å²) in [5.74, 6) is 3.40. The molecule has 0 saturated heterocycles. The maximum atomic E-state index is 9.22. The number of hydrogen-bond acceptors (Lipinski definition) is 10. The molecule has 0 radical (unpaired) electrons. The first-order valence-corrected chi connectivity index (χ1v) is 15.8. The zero-order valence-corrected chi connectivity index (χ0v) is 26.1. The van der Waals surface area contributed by atoms with Crippen molar-refractivity contribution in [1.29, 1.82) is 0 Å². The van der Waals surface area contributed by atoms with Crippen LogP contribution in [0.5, 0.6) is 23.0 Å². The van der Waals surface area contributed by atoms with E-state index in [1.54, 1.807) is 0 Å². The van der Waals surface area contributed by atoms with Crippen LogP contribution in [0.3, 0.4) is 0 Å². The molecule has 40 heavy (non-hydrogen) atoms. The van der Waals surface area contributed by atoms with Crippen molar-refractivity contribution in [2.75, 3.05) is 14.2 Å². The van der Waals surface area contributed by atoms with E-state index in [0.717, 1.165) is 37.2 Å². The number of hydrogen-bond donors (Lipinski definition) is 0. The summed E-state index contributed by atoms with van der Waals surface area (Å²) in [5, 5.41) is 0. The van der Waals surface area contributed by atoms with Crippen molar-refractivity contribution in [3.8, 4) is 23.0 Å². The summed E-state index contributed by atoms with van der Waals surface area (Å²) >= 11 is -0.998. The SMILES string of the molecule is CO[PH](=O)[O-].CO[PH](=O)[O-].c1ccc([O][Al+][O]c2ccccc2)cc1.c1ccc([O][Al+][O]c2ccccc2)cc1. The van der Waals surface area contributed by atoms with E-state index in [0.29, 0.717) is 0 Å². The van der Waals surface area contributed by atoms with Gasteiger partial charge in [0, 0.05) is 14.2 Å². The molecule has 0 aliphatic heterocycles. The van der Waals surface area contributed by atoms with Crippen molar-refractivity contribution in [2.45, 2.75) is 0 Å². The molecule has 0 aliphatic carbocycles. The molecule has 0 fully saturated rings. The molecule has 2 unspecified atom stereocenters. The van der Waals surface area contributed by atoms with E-state index in [9.17, 15) is 18.9 Å². The zero-order chi connectivity index (χ0) is 29.3. The molecule has 0 heterocycles. The monoisotopic (exact) mass is 616 g/mol. The van der Waals surface area contributed by atoms with Crippen LogP contribution in [0.4, 0.5) is 0 Å². The molecule has 4 aromatic rings. The van der Waals surface area contributed by atoms with Crippen molar-refractivity contribution in [1.82, 2.24) is 0 Å². The molecule has 10 nitrogen and oxygen atoms in total. The van der Waals surface area contributed by atoms with Gasteiger partial charge in [-0.25, -0.2) is 0 Å². The summed E-state index contributed by atoms with van der Waals surface area (Å²) in [6.07, 6.45) is 0. The van der Waals surface area contributed by atoms with Crippen molar-refractivity contribution in [3.05, 3.63) is 121 Å². The number of benzene rings is 4. The Morgan fingerprint density at radius 3 is 0.775 bits per heavy atom. The Morgan fingerprint density at radius 2 is 0.625 bits per heavy atom. The van der Waals surface area contributed by atoms with Gasteiger partial charge in [-0.15, -0.1) is 0 Å². The fraction of sp³-hybridized carbons (Fsp3) is 0.0769. The van der Waals surface area contributed by atoms with E-state index < -0.39 is 48.3 Å². The first kappa shape index (κ1) is 35.5. The molecule has 0 N–H and O–H groups in total. The van der Waals surface area contributed by atoms with Gasteiger partial charge < -0.3 is 28.0 Å². The van der Waals surface area contributed by atoms with Crippen LogP contribution in [0.25, 0.3) is 0 Å². The van der Waals surface area contributed by atoms with Gasteiger partial charge in [-0.1, -0.05) is 0 Å². The average Bonchev–Trinajstić information content (AvgIpc) is 3.00. The Bertz CT molecular complexity index is 1010. The van der Waals surface area contributed by atoms with Crippen LogP contribution < -0.4 is 24.9 Å². The van der Waals surface area contributed by atoms with E-state index >= 15 is 0 Å². The van der Waals surface area contributed by atoms with Crippen LogP contribution in [0.2, 0.25) is 0 Å². The van der Waals surface area contributed by atoms with Crippen molar-refractivity contribution in [3.63, 3.8) is 0 Å². The van der Waals surface area contributed by atoms with Gasteiger partial charge in [-0.2, -0.15) is 0 Å². The van der Waals surface area contributed by atoms with Gasteiger partial charge in [-0.3, -0.25) is 0 Å². The molecule has 0 bridgehead atoms. The quantitative estimate of drug-likeness (QED) is 0.189. The molecule has 0 spiro atoms. The van der Waals surface area contributed by atoms with Crippen LogP contribution in [-0.2, 0) is 18.2 Å². The molecule has 4 aromatic carbocycles. The predicted molar refractivity (Wildman–Crippen MR) is 152 cm³/mol. The fourth-order valence-electron chi connectivity index (χ4n) is 2.27. The Morgan fingerprint density at radius 1 is 0.450 bits per heavy atom. The first-order chi connectivity index (χ1) is 19.4. The minimum absolute atomic E-state index is 0.499. The third-order valence-electron chi connectivity index (χ3n) is 4.04. The van der Waals surface area contributed by atoms with E-state index in [2.05, 4.69) is 9.05 Å². The second-order valence-corrected chi connectivity index (χ2v) is 9.97. The van der Waals surface area contributed by atoms with Gasteiger partial charge in [0.15, 0.2) is 0 Å². The molecule has 4 rings (SSSR count). The molecule has 0 saturated carbocycles. The molecule has 208 valence electrons. The Hall–Kier alpha value is -2.56. The molecule has 14 heteroatoms. The van der Waals surface area contributed by atoms with Crippen LogP contribution in [0.1, 0.15) is 0 Å². The van der Waals surface area contributed by atoms with Crippen LogP contribution >= 0.6 is 16.5 Å². The second kappa shape index (κ2) is 24.3. The number of para-hydroxylation sites is 4. The normalized spacial score (nSPS) is 10.5. The van der Waals surface area contributed by atoms with Gasteiger partial charge in [-0.05, 0) is 0 Å². The third-order valence-corrected chi connectivity index (χ3v) is 6.18. The average molecular weight is 616 g/mol. The summed E-state index contributed by atoms with van der Waals surface area (Å²) in [6, 6.07) is 38.7. The van der Waals surface area contributed by atoms with Gasteiger partial charge in [0.05, 0.1) is 0 Å². The summed E-state index contributed by atoms with van der Waals surface area (Å²) in [4.78, 5) is 18.4. The van der Waals surface area contributed by atoms with Gasteiger partial charge in [0.1, 0.15) is 16.5 Å². The summed E-state index contributed by atoms with van der Waals surface area (Å²) in [5.41, 5.74) is 0. The molecular formula is C26H28Al2O10P2. The zero-order valence-electron chi connectivity index (χ0n) is 21.8. The maximum absolute atomic E-state index is 9.22. The van der Waals surface area contributed by atoms with Gasteiger partial charge in [0.25, 0.3) is 0 Å². The third kappa shape index (κ3) is 20.4. The predicted octanol–water partition coefficient (Wildman–Crippen LogP) is 4.12. The molecule has 0 aromatic heterocycles. The van der Waals surface area contributed by atoms with E-state index in [1.807, 2.05) is 121 Å². The Kier molecular flexibility index (Phi) is 21.5. The van der Waals surface area contributed by atoms with Gasteiger partial charge >= 0.3 is 191 Å². The van der Waals surface area contributed by atoms with Crippen LogP contribution in [0, 0.1) is 0 Å². The molecule has 2 atom stereocenters. The van der Waals surface area contributed by atoms with Crippen LogP contribution in [0.15, 0.2) is 121 Å². The summed E-state index contributed by atoms with van der Waals surface area (Å²) < 4.78 is 47.8. The molecule has 0 aliphatic rings. The topological polar surface area (TPSA) is 136 Å². The van der Waals surface area contributed by atoms with Gasteiger partial charge in [0.2, 0.25) is 0 Å². The van der Waals surface area contributed by atoms with E-state index in [-0.39, 0.29) is 0 Å². The first-order valence-electron chi connectivity index (χ1n) is 11.4. The van der Waals surface area contributed by atoms with E-state index in [4.69, 9.17) is 15.2 Å². The Balaban J connectivity index is 0.000000302. The summed E-state index contributed by atoms with van der Waals surface area (Å²) in [6.45, 7) is 0. The van der Waals surface area contributed by atoms with Crippen molar-refractivity contribution in [2.24, 2.45) is 0 Å². The summed E-state index contributed by atoms with van der Waals surface area (Å²) in [7, 11) is -3.51.